The summed E-state index contributed by atoms with van der Waals surface area (Å²) in [4.78, 5) is 45.7. The largest absolute Gasteiger partial charge is 0.459 e. The quantitative estimate of drug-likeness (QED) is 0.520. The van der Waals surface area contributed by atoms with Crippen molar-refractivity contribution in [2.45, 2.75) is 79.1 Å². The number of carbonyl (C=O) groups is 3. The van der Waals surface area contributed by atoms with E-state index < -0.39 is 24.2 Å². The van der Waals surface area contributed by atoms with Gasteiger partial charge < -0.3 is 20.7 Å². The standard InChI is InChI=1S/C27H38N4O4S/c1-16(2)23(28)26(34)35-20-11-21(31(14-20)22(32)12-27(4,5)6)25(33)29-13-18-7-9-19(10-8-18)24-17(3)30-15-36-24/h7-10,15-16,20-21,23H,11-14,28H2,1-6H3,(H,29,33)/t20-,21+,23?/m1/s1. The van der Waals surface area contributed by atoms with Gasteiger partial charge in [0.15, 0.2) is 0 Å². The smallest absolute Gasteiger partial charge is 0.323 e. The Morgan fingerprint density at radius 3 is 2.44 bits per heavy atom. The normalized spacial score (nSPS) is 18.8. The molecule has 2 aromatic rings. The van der Waals surface area contributed by atoms with Gasteiger partial charge in [-0.1, -0.05) is 58.9 Å². The molecule has 3 N–H and O–H groups in total. The van der Waals surface area contributed by atoms with Gasteiger partial charge in [0, 0.05) is 19.4 Å². The van der Waals surface area contributed by atoms with Crippen LogP contribution in [0.5, 0.6) is 0 Å². The van der Waals surface area contributed by atoms with Crippen LogP contribution >= 0.6 is 11.3 Å². The van der Waals surface area contributed by atoms with Gasteiger partial charge in [0.05, 0.1) is 22.6 Å². The molecule has 9 heteroatoms. The Bertz CT molecular complexity index is 1070. The van der Waals surface area contributed by atoms with E-state index in [0.29, 0.717) is 13.0 Å². The third-order valence-electron chi connectivity index (χ3n) is 6.27. The van der Waals surface area contributed by atoms with Crippen molar-refractivity contribution >= 4 is 29.1 Å². The van der Waals surface area contributed by atoms with E-state index >= 15 is 0 Å². The van der Waals surface area contributed by atoms with Gasteiger partial charge in [-0.2, -0.15) is 0 Å². The Balaban J connectivity index is 1.67. The summed E-state index contributed by atoms with van der Waals surface area (Å²) in [5.74, 6) is -0.955. The van der Waals surface area contributed by atoms with Crippen molar-refractivity contribution in [3.05, 3.63) is 41.0 Å². The SMILES string of the molecule is Cc1ncsc1-c1ccc(CNC(=O)[C@@H]2C[C@@H](OC(=O)C(N)C(C)C)CN2C(=O)CC(C)(C)C)cc1. The maximum atomic E-state index is 13.2. The summed E-state index contributed by atoms with van der Waals surface area (Å²) >= 11 is 1.60. The van der Waals surface area contributed by atoms with Crippen LogP contribution in [-0.2, 0) is 25.7 Å². The van der Waals surface area contributed by atoms with Gasteiger partial charge in [-0.15, -0.1) is 11.3 Å². The van der Waals surface area contributed by atoms with Gasteiger partial charge >= 0.3 is 5.97 Å². The summed E-state index contributed by atoms with van der Waals surface area (Å²) in [5, 5.41) is 2.96. The lowest BCUT2D eigenvalue weighted by Crippen LogP contribution is -2.46. The van der Waals surface area contributed by atoms with Crippen LogP contribution < -0.4 is 11.1 Å². The molecule has 1 aliphatic heterocycles. The minimum absolute atomic E-state index is 0.0667. The molecule has 1 aromatic carbocycles. The molecule has 3 rings (SSSR count). The molecular weight excluding hydrogens is 476 g/mol. The van der Waals surface area contributed by atoms with Crippen molar-refractivity contribution in [3.63, 3.8) is 0 Å². The molecule has 1 aliphatic rings. The first-order chi connectivity index (χ1) is 16.9. The maximum absolute atomic E-state index is 13.2. The average molecular weight is 515 g/mol. The van der Waals surface area contributed by atoms with E-state index in [0.717, 1.165) is 21.7 Å². The maximum Gasteiger partial charge on any atom is 0.323 e. The van der Waals surface area contributed by atoms with Crippen LogP contribution in [0.15, 0.2) is 29.8 Å². The van der Waals surface area contributed by atoms with E-state index in [4.69, 9.17) is 10.5 Å². The molecule has 2 amide bonds. The number of thiazole rings is 1. The predicted molar refractivity (Wildman–Crippen MR) is 141 cm³/mol. The lowest BCUT2D eigenvalue weighted by atomic mass is 9.91. The number of aromatic nitrogens is 1. The summed E-state index contributed by atoms with van der Waals surface area (Å²) in [6.45, 7) is 12.1. The second kappa shape index (κ2) is 11.5. The fourth-order valence-corrected chi connectivity index (χ4v) is 4.95. The monoisotopic (exact) mass is 514 g/mol. The number of rotatable bonds is 8. The molecule has 1 aromatic heterocycles. The minimum atomic E-state index is -0.742. The van der Waals surface area contributed by atoms with Crippen LogP contribution in [0.25, 0.3) is 10.4 Å². The molecule has 0 radical (unpaired) electrons. The fourth-order valence-electron chi connectivity index (χ4n) is 4.14. The third-order valence-corrected chi connectivity index (χ3v) is 7.25. The molecular formula is C27H38N4O4S. The Kier molecular flexibility index (Phi) is 8.89. The van der Waals surface area contributed by atoms with Crippen molar-refractivity contribution < 1.29 is 19.1 Å². The summed E-state index contributed by atoms with van der Waals surface area (Å²) < 4.78 is 5.60. The van der Waals surface area contributed by atoms with Gasteiger partial charge in [0.1, 0.15) is 18.2 Å². The van der Waals surface area contributed by atoms with Gasteiger partial charge in [-0.05, 0) is 29.4 Å². The lowest BCUT2D eigenvalue weighted by molar-refractivity contribution is -0.152. The van der Waals surface area contributed by atoms with E-state index in [1.54, 1.807) is 16.2 Å². The molecule has 1 fully saturated rings. The molecule has 2 heterocycles. The summed E-state index contributed by atoms with van der Waals surface area (Å²) in [6.07, 6.45) is -0.0209. The minimum Gasteiger partial charge on any atom is -0.459 e. The third kappa shape index (κ3) is 7.13. The highest BCUT2D eigenvalue weighted by molar-refractivity contribution is 7.13. The fraction of sp³-hybridized carbons (Fsp3) is 0.556. The number of aryl methyl sites for hydroxylation is 1. The lowest BCUT2D eigenvalue weighted by Gasteiger charge is -2.27. The number of nitrogens with two attached hydrogens (primary N) is 1. The summed E-state index contributed by atoms with van der Waals surface area (Å²) in [5.41, 5.74) is 10.6. The van der Waals surface area contributed by atoms with Crippen molar-refractivity contribution in [3.8, 4) is 10.4 Å². The van der Waals surface area contributed by atoms with Gasteiger partial charge in [-0.3, -0.25) is 14.4 Å². The Hall–Kier alpha value is -2.78. The van der Waals surface area contributed by atoms with Crippen LogP contribution in [0.3, 0.4) is 0 Å². The van der Waals surface area contributed by atoms with Gasteiger partial charge in [0.2, 0.25) is 11.8 Å². The van der Waals surface area contributed by atoms with E-state index in [2.05, 4.69) is 10.3 Å². The topological polar surface area (TPSA) is 115 Å². The van der Waals surface area contributed by atoms with Crippen molar-refractivity contribution in [2.24, 2.45) is 17.1 Å². The Morgan fingerprint density at radius 2 is 1.89 bits per heavy atom. The van der Waals surface area contributed by atoms with E-state index in [1.165, 1.54) is 0 Å². The van der Waals surface area contributed by atoms with Crippen molar-refractivity contribution in [1.82, 2.24) is 15.2 Å². The summed E-state index contributed by atoms with van der Waals surface area (Å²) in [6, 6.07) is 6.54. The number of carbonyl (C=O) groups excluding carboxylic acids is 3. The molecule has 1 saturated heterocycles. The zero-order valence-corrected chi connectivity index (χ0v) is 22.9. The Labute approximate surface area is 217 Å². The number of likely N-dealkylation sites (tertiary alicyclic amines) is 1. The number of amides is 2. The molecule has 36 heavy (non-hydrogen) atoms. The van der Waals surface area contributed by atoms with Gasteiger partial charge in [-0.25, -0.2) is 4.98 Å². The average Bonchev–Trinajstić information content (AvgIpc) is 3.42. The summed E-state index contributed by atoms with van der Waals surface area (Å²) in [7, 11) is 0. The first-order valence-electron chi connectivity index (χ1n) is 12.4. The zero-order valence-electron chi connectivity index (χ0n) is 22.0. The highest BCUT2D eigenvalue weighted by atomic mass is 32.1. The molecule has 196 valence electrons. The molecule has 0 spiro atoms. The second-order valence-corrected chi connectivity index (χ2v) is 11.9. The predicted octanol–water partition coefficient (Wildman–Crippen LogP) is 3.67. The number of esters is 1. The second-order valence-electron chi connectivity index (χ2n) is 11.0. The number of benzene rings is 1. The number of nitrogens with zero attached hydrogens (tertiary/aromatic N) is 2. The van der Waals surface area contributed by atoms with E-state index in [9.17, 15) is 14.4 Å². The van der Waals surface area contributed by atoms with E-state index in [1.807, 2.05) is 71.3 Å². The van der Waals surface area contributed by atoms with Crippen LogP contribution in [0.1, 0.15) is 58.7 Å². The highest BCUT2D eigenvalue weighted by Gasteiger charge is 2.42. The van der Waals surface area contributed by atoms with Crippen LogP contribution in [0.4, 0.5) is 0 Å². The molecule has 0 aliphatic carbocycles. The molecule has 0 saturated carbocycles. The van der Waals surface area contributed by atoms with Gasteiger partial charge in [0.25, 0.3) is 0 Å². The van der Waals surface area contributed by atoms with Crippen LogP contribution in [0, 0.1) is 18.3 Å². The van der Waals surface area contributed by atoms with Crippen LogP contribution in [-0.4, -0.2) is 52.4 Å². The first-order valence-corrected chi connectivity index (χ1v) is 13.3. The number of hydrogen-bond acceptors (Lipinski definition) is 7. The van der Waals surface area contributed by atoms with E-state index in [-0.39, 0.29) is 36.1 Å². The van der Waals surface area contributed by atoms with Crippen LogP contribution in [0.2, 0.25) is 0 Å². The highest BCUT2D eigenvalue weighted by Crippen LogP contribution is 2.28. The molecule has 8 nitrogen and oxygen atoms in total. The number of nitrogens with one attached hydrogen (secondary N) is 1. The molecule has 0 bridgehead atoms. The molecule has 3 atom stereocenters. The zero-order chi connectivity index (χ0) is 26.6. The first kappa shape index (κ1) is 27.8. The number of hydrogen-bond donors (Lipinski definition) is 2. The number of ether oxygens (including phenoxy) is 1. The van der Waals surface area contributed by atoms with Crippen molar-refractivity contribution in [1.29, 1.82) is 0 Å². The molecule has 1 unspecified atom stereocenters. The Morgan fingerprint density at radius 1 is 1.22 bits per heavy atom. The van der Waals surface area contributed by atoms with Crippen molar-refractivity contribution in [2.75, 3.05) is 6.54 Å².